The van der Waals surface area contributed by atoms with Crippen molar-refractivity contribution in [2.24, 2.45) is 0 Å². The molecule has 0 spiro atoms. The molecule has 1 aromatic rings. The van der Waals surface area contributed by atoms with Gasteiger partial charge in [-0.3, -0.25) is 9.59 Å². The van der Waals surface area contributed by atoms with Crippen LogP contribution in [0.2, 0.25) is 0 Å². The van der Waals surface area contributed by atoms with Crippen LogP contribution in [0.5, 0.6) is 0 Å². The number of rotatable bonds is 8. The highest BCUT2D eigenvalue weighted by atomic mass is 16.8. The van der Waals surface area contributed by atoms with Crippen LogP contribution < -0.4 is 5.48 Å². The van der Waals surface area contributed by atoms with Gasteiger partial charge in [0, 0.05) is 38.8 Å². The number of hydrogen-bond acceptors (Lipinski definition) is 6. The predicted molar refractivity (Wildman–Crippen MR) is 100 cm³/mol. The van der Waals surface area contributed by atoms with Gasteiger partial charge in [0.1, 0.15) is 6.61 Å². The van der Waals surface area contributed by atoms with E-state index in [2.05, 4.69) is 5.48 Å². The second kappa shape index (κ2) is 10.5. The van der Waals surface area contributed by atoms with Crippen LogP contribution in [0.1, 0.15) is 40.7 Å². The summed E-state index contributed by atoms with van der Waals surface area (Å²) in [7, 11) is 1.59. The van der Waals surface area contributed by atoms with Crippen molar-refractivity contribution < 1.29 is 28.6 Å². The zero-order chi connectivity index (χ0) is 19.8. The van der Waals surface area contributed by atoms with Crippen molar-refractivity contribution in [3.05, 3.63) is 34.9 Å². The Morgan fingerprint density at radius 2 is 2.14 bits per heavy atom. The summed E-state index contributed by atoms with van der Waals surface area (Å²) in [5.41, 5.74) is 5.09. The number of hydrogen-bond donors (Lipinski definition) is 1. The Balaban J connectivity index is 1.53. The van der Waals surface area contributed by atoms with Gasteiger partial charge in [-0.25, -0.2) is 10.3 Å². The van der Waals surface area contributed by atoms with E-state index in [1.807, 2.05) is 12.1 Å². The van der Waals surface area contributed by atoms with E-state index in [-0.39, 0.29) is 24.7 Å². The average Bonchev–Trinajstić information content (AvgIpc) is 2.74. The number of nitrogens with zero attached hydrogens (tertiary/aromatic N) is 1. The van der Waals surface area contributed by atoms with Crippen LogP contribution >= 0.6 is 0 Å². The van der Waals surface area contributed by atoms with Gasteiger partial charge >= 0.3 is 0 Å². The van der Waals surface area contributed by atoms with Crippen molar-refractivity contribution in [2.45, 2.75) is 38.5 Å². The van der Waals surface area contributed by atoms with Crippen molar-refractivity contribution in [3.8, 4) is 0 Å². The van der Waals surface area contributed by atoms with E-state index in [1.165, 1.54) is 0 Å². The first kappa shape index (κ1) is 20.7. The highest BCUT2D eigenvalue weighted by Gasteiger charge is 2.22. The van der Waals surface area contributed by atoms with Gasteiger partial charge in [-0.2, -0.15) is 0 Å². The van der Waals surface area contributed by atoms with Gasteiger partial charge < -0.3 is 19.1 Å². The number of carbonyl (C=O) groups is 2. The molecule has 0 aliphatic carbocycles. The Bertz CT molecular complexity index is 675. The molecule has 154 valence electrons. The molecule has 2 amide bonds. The molecule has 1 saturated heterocycles. The molecule has 2 aliphatic heterocycles. The van der Waals surface area contributed by atoms with Gasteiger partial charge in [-0.05, 0) is 42.5 Å². The molecule has 2 aliphatic rings. The molecule has 28 heavy (non-hydrogen) atoms. The molecular formula is C20H28N2O6. The lowest BCUT2D eigenvalue weighted by Gasteiger charge is -2.29. The summed E-state index contributed by atoms with van der Waals surface area (Å²) in [6, 6.07) is 5.55. The van der Waals surface area contributed by atoms with Crippen molar-refractivity contribution in [2.75, 3.05) is 40.1 Å². The Labute approximate surface area is 165 Å². The summed E-state index contributed by atoms with van der Waals surface area (Å²) < 4.78 is 15.7. The Morgan fingerprint density at radius 1 is 1.25 bits per heavy atom. The summed E-state index contributed by atoms with van der Waals surface area (Å²) in [6.45, 7) is 2.65. The zero-order valence-electron chi connectivity index (χ0n) is 16.3. The molecule has 0 bridgehead atoms. The number of methoxy groups -OCH3 is 1. The van der Waals surface area contributed by atoms with E-state index >= 15 is 0 Å². The van der Waals surface area contributed by atoms with Crippen LogP contribution in [0, 0.1) is 0 Å². The number of amides is 2. The van der Waals surface area contributed by atoms with Gasteiger partial charge in [-0.1, -0.05) is 6.07 Å². The van der Waals surface area contributed by atoms with Gasteiger partial charge in [-0.15, -0.1) is 0 Å². The lowest BCUT2D eigenvalue weighted by atomic mass is 9.97. The molecule has 8 nitrogen and oxygen atoms in total. The maximum Gasteiger partial charge on any atom is 0.274 e. The maximum atomic E-state index is 12.4. The summed E-state index contributed by atoms with van der Waals surface area (Å²) >= 11 is 0. The van der Waals surface area contributed by atoms with Crippen LogP contribution in [0.25, 0.3) is 0 Å². The minimum Gasteiger partial charge on any atom is -0.382 e. The van der Waals surface area contributed by atoms with Gasteiger partial charge in [0.2, 0.25) is 5.91 Å². The standard InChI is InChI=1S/C20H28N2O6/c1-25-10-11-26-14-18(23)22-8-7-15-5-6-16(12-17(15)13-22)20(24)21-28-19-4-2-3-9-27-19/h5-6,12,19H,2-4,7-11,13-14H2,1H3,(H,21,24). The molecule has 0 radical (unpaired) electrons. The van der Waals surface area contributed by atoms with Crippen molar-refractivity contribution >= 4 is 11.8 Å². The normalized spacial score (nSPS) is 19.2. The second-order valence-corrected chi connectivity index (χ2v) is 6.94. The molecule has 1 N–H and O–H groups in total. The fourth-order valence-electron chi connectivity index (χ4n) is 3.29. The van der Waals surface area contributed by atoms with E-state index in [4.69, 9.17) is 19.0 Å². The predicted octanol–water partition coefficient (Wildman–Crippen LogP) is 1.42. The summed E-state index contributed by atoms with van der Waals surface area (Å²) in [6.07, 6.45) is 3.19. The SMILES string of the molecule is COCCOCC(=O)N1CCc2ccc(C(=O)NOC3CCCCO3)cc2C1. The lowest BCUT2D eigenvalue weighted by Crippen LogP contribution is -2.38. The summed E-state index contributed by atoms with van der Waals surface area (Å²) in [4.78, 5) is 31.8. The molecule has 2 heterocycles. The lowest BCUT2D eigenvalue weighted by molar-refractivity contribution is -0.186. The summed E-state index contributed by atoms with van der Waals surface area (Å²) in [5.74, 6) is -0.377. The largest absolute Gasteiger partial charge is 0.382 e. The number of hydroxylamine groups is 1. The van der Waals surface area contributed by atoms with Crippen LogP contribution in [0.15, 0.2) is 18.2 Å². The van der Waals surface area contributed by atoms with E-state index in [1.54, 1.807) is 18.1 Å². The fraction of sp³-hybridized carbons (Fsp3) is 0.600. The Morgan fingerprint density at radius 3 is 2.93 bits per heavy atom. The van der Waals surface area contributed by atoms with Crippen LogP contribution in [-0.2, 0) is 36.8 Å². The number of fused-ring (bicyclic) bond motifs is 1. The number of ether oxygens (including phenoxy) is 3. The highest BCUT2D eigenvalue weighted by Crippen LogP contribution is 2.21. The summed E-state index contributed by atoms with van der Waals surface area (Å²) in [5, 5.41) is 0. The second-order valence-electron chi connectivity index (χ2n) is 6.94. The minimum absolute atomic E-state index is 0.0358. The maximum absolute atomic E-state index is 12.4. The molecule has 0 saturated carbocycles. The molecule has 1 fully saturated rings. The molecule has 1 unspecified atom stereocenters. The van der Waals surface area contributed by atoms with E-state index in [9.17, 15) is 9.59 Å². The molecule has 1 atom stereocenters. The van der Waals surface area contributed by atoms with Crippen molar-refractivity contribution in [3.63, 3.8) is 0 Å². The van der Waals surface area contributed by atoms with Crippen LogP contribution in [0.4, 0.5) is 0 Å². The topological polar surface area (TPSA) is 86.3 Å². The first-order valence-electron chi connectivity index (χ1n) is 9.71. The third kappa shape index (κ3) is 5.75. The monoisotopic (exact) mass is 392 g/mol. The molecule has 8 heteroatoms. The Hall–Kier alpha value is -2.00. The molecule has 1 aromatic carbocycles. The molecule has 0 aromatic heterocycles. The van der Waals surface area contributed by atoms with Crippen LogP contribution in [0.3, 0.4) is 0 Å². The molecular weight excluding hydrogens is 364 g/mol. The van der Waals surface area contributed by atoms with Crippen LogP contribution in [-0.4, -0.2) is 63.1 Å². The van der Waals surface area contributed by atoms with Crippen molar-refractivity contribution in [1.82, 2.24) is 10.4 Å². The van der Waals surface area contributed by atoms with Crippen molar-refractivity contribution in [1.29, 1.82) is 0 Å². The average molecular weight is 392 g/mol. The highest BCUT2D eigenvalue weighted by molar-refractivity contribution is 5.93. The van der Waals surface area contributed by atoms with Gasteiger partial charge in [0.25, 0.3) is 5.91 Å². The van der Waals surface area contributed by atoms with Gasteiger partial charge in [0.05, 0.1) is 13.2 Å². The number of benzene rings is 1. The first-order chi connectivity index (χ1) is 13.7. The third-order valence-electron chi connectivity index (χ3n) is 4.91. The Kier molecular flexibility index (Phi) is 7.79. The smallest absolute Gasteiger partial charge is 0.274 e. The van der Waals surface area contributed by atoms with E-state index in [0.717, 1.165) is 36.8 Å². The number of carbonyl (C=O) groups excluding carboxylic acids is 2. The quantitative estimate of drug-likeness (QED) is 0.532. The first-order valence-corrected chi connectivity index (χ1v) is 9.71. The zero-order valence-corrected chi connectivity index (χ0v) is 16.3. The van der Waals surface area contributed by atoms with Gasteiger partial charge in [0.15, 0.2) is 6.29 Å². The fourth-order valence-corrected chi connectivity index (χ4v) is 3.29. The van der Waals surface area contributed by atoms with E-state index in [0.29, 0.717) is 38.5 Å². The minimum atomic E-state index is -0.387. The molecule has 3 rings (SSSR count). The third-order valence-corrected chi connectivity index (χ3v) is 4.91. The number of nitrogens with one attached hydrogen (secondary N) is 1. The van der Waals surface area contributed by atoms with E-state index < -0.39 is 0 Å².